The highest BCUT2D eigenvalue weighted by Gasteiger charge is 2.29. The van der Waals surface area contributed by atoms with Gasteiger partial charge in [0.25, 0.3) is 5.91 Å². The monoisotopic (exact) mass is 276 g/mol. The summed E-state index contributed by atoms with van der Waals surface area (Å²) in [6.45, 7) is 2.68. The van der Waals surface area contributed by atoms with Crippen molar-refractivity contribution < 1.29 is 14.3 Å². The van der Waals surface area contributed by atoms with Crippen LogP contribution in [0.1, 0.15) is 12.5 Å². The van der Waals surface area contributed by atoms with Gasteiger partial charge in [0, 0.05) is 6.54 Å². The smallest absolute Gasteiger partial charge is 0.276 e. The van der Waals surface area contributed by atoms with E-state index in [1.165, 1.54) is 4.90 Å². The van der Waals surface area contributed by atoms with E-state index in [9.17, 15) is 4.79 Å². The van der Waals surface area contributed by atoms with Gasteiger partial charge in [0.05, 0.1) is 0 Å². The first-order chi connectivity index (χ1) is 9.19. The number of nitrogens with zero attached hydrogens (tertiary/aromatic N) is 1. The predicted octanol–water partition coefficient (Wildman–Crippen LogP) is 1.49. The molecule has 1 amide bonds. The maximum Gasteiger partial charge on any atom is 0.276 e. The van der Waals surface area contributed by atoms with Gasteiger partial charge in [0.2, 0.25) is 6.79 Å². The van der Waals surface area contributed by atoms with Gasteiger partial charge in [-0.3, -0.25) is 9.69 Å². The maximum absolute atomic E-state index is 12.0. The molecule has 2 aliphatic rings. The van der Waals surface area contributed by atoms with E-state index >= 15 is 0 Å². The number of benzene rings is 1. The lowest BCUT2D eigenvalue weighted by Gasteiger charge is -2.08. The van der Waals surface area contributed by atoms with Crippen molar-refractivity contribution in [2.75, 3.05) is 13.3 Å². The number of carbonyl (C=O) groups is 1. The van der Waals surface area contributed by atoms with Gasteiger partial charge in [-0.25, -0.2) is 0 Å². The van der Waals surface area contributed by atoms with Crippen molar-refractivity contribution in [3.8, 4) is 11.5 Å². The number of ether oxygens (including phenoxy) is 2. The predicted molar refractivity (Wildman–Crippen MR) is 73.7 cm³/mol. The molecule has 0 aromatic heterocycles. The van der Waals surface area contributed by atoms with Crippen LogP contribution in [-0.4, -0.2) is 29.3 Å². The summed E-state index contributed by atoms with van der Waals surface area (Å²) < 4.78 is 10.5. The molecule has 0 saturated carbocycles. The third-order valence-electron chi connectivity index (χ3n) is 2.99. The molecule has 0 aliphatic carbocycles. The van der Waals surface area contributed by atoms with Gasteiger partial charge in [-0.2, -0.15) is 0 Å². The molecule has 0 spiro atoms. The number of hydrogen-bond acceptors (Lipinski definition) is 4. The molecular formula is C13H12N2O3S. The molecule has 0 unspecified atom stereocenters. The number of carbonyl (C=O) groups excluding carboxylic acids is 1. The Kier molecular flexibility index (Phi) is 2.87. The number of rotatable bonds is 2. The molecule has 0 radical (unpaired) electrons. The molecule has 1 saturated heterocycles. The van der Waals surface area contributed by atoms with Gasteiger partial charge in [-0.05, 0) is 42.9 Å². The normalized spacial score (nSPS) is 19.2. The third-order valence-corrected chi connectivity index (χ3v) is 3.31. The fourth-order valence-corrected chi connectivity index (χ4v) is 2.35. The van der Waals surface area contributed by atoms with E-state index in [-0.39, 0.29) is 12.7 Å². The molecule has 0 bridgehead atoms. The number of fused-ring (bicyclic) bond motifs is 1. The molecule has 1 N–H and O–H groups in total. The lowest BCUT2D eigenvalue weighted by Crippen LogP contribution is -2.30. The number of thiocarbonyl (C=S) groups is 1. The Hall–Kier alpha value is -2.08. The fraction of sp³-hybridized carbons (Fsp3) is 0.231. The number of amides is 1. The van der Waals surface area contributed by atoms with Gasteiger partial charge in [0.1, 0.15) is 5.70 Å². The minimum atomic E-state index is -0.106. The molecule has 1 aromatic carbocycles. The topological polar surface area (TPSA) is 50.8 Å². The second-order valence-electron chi connectivity index (χ2n) is 4.15. The largest absolute Gasteiger partial charge is 0.454 e. The Morgan fingerprint density at radius 1 is 1.42 bits per heavy atom. The van der Waals surface area contributed by atoms with Crippen molar-refractivity contribution in [3.63, 3.8) is 0 Å². The molecule has 1 fully saturated rings. The molecule has 2 heterocycles. The van der Waals surface area contributed by atoms with Gasteiger partial charge >= 0.3 is 0 Å². The lowest BCUT2D eigenvalue weighted by molar-refractivity contribution is -0.122. The summed E-state index contributed by atoms with van der Waals surface area (Å²) in [6, 6.07) is 5.53. The molecule has 1 aromatic rings. The maximum atomic E-state index is 12.0. The zero-order chi connectivity index (χ0) is 13.4. The van der Waals surface area contributed by atoms with E-state index in [1.54, 1.807) is 6.08 Å². The third kappa shape index (κ3) is 2.04. The Labute approximate surface area is 115 Å². The quantitative estimate of drug-likeness (QED) is 0.655. The van der Waals surface area contributed by atoms with Crippen LogP contribution in [0.25, 0.3) is 6.08 Å². The van der Waals surface area contributed by atoms with Gasteiger partial charge in [-0.15, -0.1) is 0 Å². The average molecular weight is 276 g/mol. The van der Waals surface area contributed by atoms with Crippen LogP contribution >= 0.6 is 12.2 Å². The highest BCUT2D eigenvalue weighted by atomic mass is 32.1. The van der Waals surface area contributed by atoms with Crippen molar-refractivity contribution in [1.29, 1.82) is 0 Å². The first-order valence-electron chi connectivity index (χ1n) is 5.93. The average Bonchev–Trinajstić information content (AvgIpc) is 2.95. The number of nitrogens with one attached hydrogen (secondary N) is 1. The highest BCUT2D eigenvalue weighted by Crippen LogP contribution is 2.33. The molecule has 19 heavy (non-hydrogen) atoms. The second kappa shape index (κ2) is 4.55. The summed E-state index contributed by atoms with van der Waals surface area (Å²) in [5.41, 5.74) is 1.34. The van der Waals surface area contributed by atoms with E-state index < -0.39 is 0 Å². The summed E-state index contributed by atoms with van der Waals surface area (Å²) in [5.74, 6) is 1.30. The van der Waals surface area contributed by atoms with Gasteiger partial charge < -0.3 is 14.8 Å². The zero-order valence-electron chi connectivity index (χ0n) is 10.3. The van der Waals surface area contributed by atoms with Crippen molar-refractivity contribution in [1.82, 2.24) is 10.2 Å². The number of hydrogen-bond donors (Lipinski definition) is 1. The molecule has 98 valence electrons. The van der Waals surface area contributed by atoms with Crippen LogP contribution in [-0.2, 0) is 4.79 Å². The van der Waals surface area contributed by atoms with E-state index in [2.05, 4.69) is 5.32 Å². The Morgan fingerprint density at radius 3 is 2.95 bits per heavy atom. The van der Waals surface area contributed by atoms with E-state index in [1.807, 2.05) is 25.1 Å². The van der Waals surface area contributed by atoms with Crippen LogP contribution in [0.3, 0.4) is 0 Å². The summed E-state index contributed by atoms with van der Waals surface area (Å²) in [6.07, 6.45) is 1.76. The molecule has 3 rings (SSSR count). The van der Waals surface area contributed by atoms with Crippen LogP contribution in [0, 0.1) is 0 Å². The molecule has 5 nitrogen and oxygen atoms in total. The summed E-state index contributed by atoms with van der Waals surface area (Å²) in [4.78, 5) is 13.6. The van der Waals surface area contributed by atoms with E-state index in [4.69, 9.17) is 21.7 Å². The number of likely N-dealkylation sites (N-methyl/N-ethyl adjacent to an activating group) is 1. The van der Waals surface area contributed by atoms with E-state index in [0.717, 1.165) is 11.3 Å². The van der Waals surface area contributed by atoms with Gasteiger partial charge in [0.15, 0.2) is 16.6 Å². The van der Waals surface area contributed by atoms with Crippen LogP contribution < -0.4 is 14.8 Å². The summed E-state index contributed by atoms with van der Waals surface area (Å²) in [5, 5.41) is 3.36. The molecule has 2 aliphatic heterocycles. The van der Waals surface area contributed by atoms with Crippen LogP contribution in [0.15, 0.2) is 23.9 Å². The van der Waals surface area contributed by atoms with Crippen LogP contribution in [0.4, 0.5) is 0 Å². The Morgan fingerprint density at radius 2 is 2.21 bits per heavy atom. The van der Waals surface area contributed by atoms with Crippen molar-refractivity contribution in [3.05, 3.63) is 29.5 Å². The van der Waals surface area contributed by atoms with Crippen molar-refractivity contribution in [2.45, 2.75) is 6.92 Å². The summed E-state index contributed by atoms with van der Waals surface area (Å²) in [7, 11) is 0. The molecule has 6 heteroatoms. The minimum absolute atomic E-state index is 0.106. The van der Waals surface area contributed by atoms with Crippen LogP contribution in [0.2, 0.25) is 0 Å². The Balaban J connectivity index is 1.90. The fourth-order valence-electron chi connectivity index (χ4n) is 2.03. The van der Waals surface area contributed by atoms with Crippen molar-refractivity contribution in [2.24, 2.45) is 0 Å². The second-order valence-corrected chi connectivity index (χ2v) is 4.54. The molecule has 0 atom stereocenters. The first-order valence-corrected chi connectivity index (χ1v) is 6.34. The van der Waals surface area contributed by atoms with E-state index in [0.29, 0.717) is 23.1 Å². The van der Waals surface area contributed by atoms with Crippen molar-refractivity contribution >= 4 is 29.3 Å². The SMILES string of the molecule is CCN1C(=O)C(=Cc2ccc3c(c2)OCO3)NC1=S. The van der Waals surface area contributed by atoms with Crippen LogP contribution in [0.5, 0.6) is 11.5 Å². The zero-order valence-corrected chi connectivity index (χ0v) is 11.1. The minimum Gasteiger partial charge on any atom is -0.454 e. The standard InChI is InChI=1S/C13H12N2O3S/c1-2-15-12(16)9(14-13(15)19)5-8-3-4-10-11(6-8)18-7-17-10/h3-6H,2,7H2,1H3,(H,14,19). The highest BCUT2D eigenvalue weighted by molar-refractivity contribution is 7.80. The molecular weight excluding hydrogens is 264 g/mol. The first kappa shape index (κ1) is 12.0. The summed E-state index contributed by atoms with van der Waals surface area (Å²) >= 11 is 5.10. The lowest BCUT2D eigenvalue weighted by atomic mass is 10.1. The Bertz CT molecular complexity index is 598. The van der Waals surface area contributed by atoms with Gasteiger partial charge in [-0.1, -0.05) is 6.07 Å².